The maximum atomic E-state index is 5.61. The molecule has 0 radical (unpaired) electrons. The predicted octanol–water partition coefficient (Wildman–Crippen LogP) is 4.93. The Morgan fingerprint density at radius 2 is 1.75 bits per heavy atom. The van der Waals surface area contributed by atoms with Gasteiger partial charge in [0.05, 0.1) is 7.11 Å². The fraction of sp³-hybridized carbons (Fsp3) is 0.174. The number of methoxy groups -OCH3 is 1. The average molecular weight is 370 g/mol. The van der Waals surface area contributed by atoms with Gasteiger partial charge >= 0.3 is 0 Å². The van der Waals surface area contributed by atoms with Gasteiger partial charge in [-0.05, 0) is 42.8 Å². The highest BCUT2D eigenvalue weighted by Gasteiger charge is 2.13. The van der Waals surface area contributed by atoms with Crippen molar-refractivity contribution in [1.82, 2.24) is 15.0 Å². The van der Waals surface area contributed by atoms with Crippen LogP contribution in [0.2, 0.25) is 0 Å². The van der Waals surface area contributed by atoms with Crippen LogP contribution in [-0.2, 0) is 6.54 Å². The third-order valence-electron chi connectivity index (χ3n) is 4.93. The minimum atomic E-state index is 0.601. The number of anilines is 1. The molecule has 0 atom stereocenters. The van der Waals surface area contributed by atoms with Crippen LogP contribution < -0.4 is 10.1 Å². The molecule has 0 aliphatic rings. The molecule has 0 fully saturated rings. The Balaban J connectivity index is 1.71. The van der Waals surface area contributed by atoms with Gasteiger partial charge in [-0.25, -0.2) is 9.97 Å². The van der Waals surface area contributed by atoms with E-state index in [1.165, 1.54) is 10.8 Å². The molecule has 28 heavy (non-hydrogen) atoms. The fourth-order valence-electron chi connectivity index (χ4n) is 3.27. The molecular weight excluding hydrogens is 348 g/mol. The van der Waals surface area contributed by atoms with Gasteiger partial charge in [0.1, 0.15) is 17.3 Å². The minimum Gasteiger partial charge on any atom is -0.496 e. The molecule has 5 nitrogen and oxygen atoms in total. The number of hydrogen-bond acceptors (Lipinski definition) is 5. The highest BCUT2D eigenvalue weighted by molar-refractivity contribution is 5.88. The topological polar surface area (TPSA) is 59.9 Å². The zero-order chi connectivity index (χ0) is 19.5. The largest absolute Gasteiger partial charge is 0.496 e. The van der Waals surface area contributed by atoms with Crippen LogP contribution in [0.4, 0.5) is 5.82 Å². The molecule has 0 aliphatic heterocycles. The molecule has 2 aromatic heterocycles. The van der Waals surface area contributed by atoms with Gasteiger partial charge in [0.15, 0.2) is 5.82 Å². The van der Waals surface area contributed by atoms with Crippen LogP contribution in [0.5, 0.6) is 5.75 Å². The first-order chi connectivity index (χ1) is 13.7. The quantitative estimate of drug-likeness (QED) is 0.540. The van der Waals surface area contributed by atoms with Crippen molar-refractivity contribution in [3.8, 4) is 17.3 Å². The number of hydrogen-bond donors (Lipinski definition) is 1. The maximum absolute atomic E-state index is 5.61. The van der Waals surface area contributed by atoms with E-state index in [1.807, 2.05) is 50.2 Å². The molecule has 0 saturated heterocycles. The number of nitrogens with zero attached hydrogens (tertiary/aromatic N) is 3. The molecule has 0 spiro atoms. The Bertz CT molecular complexity index is 1130. The lowest BCUT2D eigenvalue weighted by Crippen LogP contribution is -2.08. The van der Waals surface area contributed by atoms with Crippen molar-refractivity contribution in [3.63, 3.8) is 0 Å². The second-order valence-electron chi connectivity index (χ2n) is 6.64. The Labute approximate surface area is 164 Å². The Morgan fingerprint density at radius 1 is 0.929 bits per heavy atom. The molecular formula is C23H22N4O. The number of aromatic nitrogens is 3. The van der Waals surface area contributed by atoms with E-state index in [1.54, 1.807) is 13.3 Å². The van der Waals surface area contributed by atoms with Gasteiger partial charge in [-0.2, -0.15) is 0 Å². The van der Waals surface area contributed by atoms with Crippen molar-refractivity contribution in [2.45, 2.75) is 20.4 Å². The van der Waals surface area contributed by atoms with Crippen LogP contribution in [0.25, 0.3) is 22.3 Å². The SMILES string of the molecule is COc1ccc2ccccc2c1CNc1nc(-c2ccccn2)nc(C)c1C. The molecule has 0 bridgehead atoms. The summed E-state index contributed by atoms with van der Waals surface area (Å²) in [5.41, 5.74) is 3.83. The maximum Gasteiger partial charge on any atom is 0.180 e. The summed E-state index contributed by atoms with van der Waals surface area (Å²) in [6, 6.07) is 18.2. The lowest BCUT2D eigenvalue weighted by atomic mass is 10.0. The minimum absolute atomic E-state index is 0.601. The molecule has 0 saturated carbocycles. The lowest BCUT2D eigenvalue weighted by Gasteiger charge is -2.15. The molecule has 2 heterocycles. The van der Waals surface area contributed by atoms with Crippen LogP contribution >= 0.6 is 0 Å². The summed E-state index contributed by atoms with van der Waals surface area (Å²) in [5.74, 6) is 2.29. The zero-order valence-corrected chi connectivity index (χ0v) is 16.2. The van der Waals surface area contributed by atoms with Gasteiger partial charge in [-0.15, -0.1) is 0 Å². The van der Waals surface area contributed by atoms with E-state index >= 15 is 0 Å². The van der Waals surface area contributed by atoms with E-state index in [4.69, 9.17) is 9.72 Å². The smallest absolute Gasteiger partial charge is 0.180 e. The molecule has 0 aliphatic carbocycles. The first-order valence-electron chi connectivity index (χ1n) is 9.22. The van der Waals surface area contributed by atoms with E-state index in [2.05, 4.69) is 33.5 Å². The van der Waals surface area contributed by atoms with Crippen LogP contribution in [0.3, 0.4) is 0 Å². The summed E-state index contributed by atoms with van der Waals surface area (Å²) >= 11 is 0. The first kappa shape index (κ1) is 17.9. The summed E-state index contributed by atoms with van der Waals surface area (Å²) in [6.07, 6.45) is 1.75. The summed E-state index contributed by atoms with van der Waals surface area (Å²) in [7, 11) is 1.70. The van der Waals surface area contributed by atoms with Crippen molar-refractivity contribution < 1.29 is 4.74 Å². The van der Waals surface area contributed by atoms with Gasteiger partial charge in [0, 0.05) is 29.6 Å². The van der Waals surface area contributed by atoms with Crippen LogP contribution in [0.1, 0.15) is 16.8 Å². The molecule has 2 aromatic carbocycles. The van der Waals surface area contributed by atoms with Gasteiger partial charge < -0.3 is 10.1 Å². The van der Waals surface area contributed by atoms with Crippen molar-refractivity contribution in [2.75, 3.05) is 12.4 Å². The number of nitrogens with one attached hydrogen (secondary N) is 1. The van der Waals surface area contributed by atoms with Gasteiger partial charge in [0.2, 0.25) is 0 Å². The van der Waals surface area contributed by atoms with Crippen LogP contribution in [0.15, 0.2) is 60.8 Å². The van der Waals surface area contributed by atoms with Crippen molar-refractivity contribution in [1.29, 1.82) is 0 Å². The predicted molar refractivity (Wildman–Crippen MR) is 113 cm³/mol. The molecule has 5 heteroatoms. The highest BCUT2D eigenvalue weighted by Crippen LogP contribution is 2.29. The van der Waals surface area contributed by atoms with Gasteiger partial charge in [-0.1, -0.05) is 36.4 Å². The standard InChI is InChI=1S/C23H22N4O/c1-15-16(2)26-23(20-10-6-7-13-24-20)27-22(15)25-14-19-18-9-5-4-8-17(18)11-12-21(19)28-3/h4-13H,14H2,1-3H3,(H,25,26,27). The van der Waals surface area contributed by atoms with E-state index < -0.39 is 0 Å². The molecule has 140 valence electrons. The lowest BCUT2D eigenvalue weighted by molar-refractivity contribution is 0.411. The third kappa shape index (κ3) is 3.39. The summed E-state index contributed by atoms with van der Waals surface area (Å²) in [5, 5.41) is 5.84. The second kappa shape index (κ2) is 7.64. The zero-order valence-electron chi connectivity index (χ0n) is 16.2. The van der Waals surface area contributed by atoms with Crippen LogP contribution in [-0.4, -0.2) is 22.1 Å². The van der Waals surface area contributed by atoms with E-state index in [0.717, 1.165) is 34.1 Å². The highest BCUT2D eigenvalue weighted by atomic mass is 16.5. The van der Waals surface area contributed by atoms with Crippen LogP contribution in [0, 0.1) is 13.8 Å². The molecule has 0 unspecified atom stereocenters. The normalized spacial score (nSPS) is 10.8. The summed E-state index contributed by atoms with van der Waals surface area (Å²) in [6.45, 7) is 4.62. The summed E-state index contributed by atoms with van der Waals surface area (Å²) in [4.78, 5) is 13.7. The van der Waals surface area contributed by atoms with E-state index in [9.17, 15) is 0 Å². The Hall–Kier alpha value is -3.47. The second-order valence-corrected chi connectivity index (χ2v) is 6.64. The van der Waals surface area contributed by atoms with Crippen molar-refractivity contribution in [3.05, 3.63) is 77.6 Å². The Kier molecular flexibility index (Phi) is 4.89. The first-order valence-corrected chi connectivity index (χ1v) is 9.22. The fourth-order valence-corrected chi connectivity index (χ4v) is 3.27. The molecule has 0 amide bonds. The van der Waals surface area contributed by atoms with Gasteiger partial charge in [0.25, 0.3) is 0 Å². The van der Waals surface area contributed by atoms with Gasteiger partial charge in [-0.3, -0.25) is 4.98 Å². The number of aryl methyl sites for hydroxylation is 1. The van der Waals surface area contributed by atoms with E-state index in [-0.39, 0.29) is 0 Å². The number of ether oxygens (including phenoxy) is 1. The molecule has 4 rings (SSSR count). The number of pyridine rings is 1. The average Bonchev–Trinajstić information content (AvgIpc) is 2.75. The van der Waals surface area contributed by atoms with Crippen molar-refractivity contribution >= 4 is 16.6 Å². The number of benzene rings is 2. The van der Waals surface area contributed by atoms with E-state index in [0.29, 0.717) is 12.4 Å². The summed E-state index contributed by atoms with van der Waals surface area (Å²) < 4.78 is 5.61. The van der Waals surface area contributed by atoms with Crippen molar-refractivity contribution in [2.24, 2.45) is 0 Å². The molecule has 4 aromatic rings. The third-order valence-corrected chi connectivity index (χ3v) is 4.93. The molecule has 1 N–H and O–H groups in total. The number of fused-ring (bicyclic) bond motifs is 1. The Morgan fingerprint density at radius 3 is 2.54 bits per heavy atom. The number of rotatable bonds is 5. The monoisotopic (exact) mass is 370 g/mol.